The number of imidazole rings is 1. The molecule has 0 amide bonds. The summed E-state index contributed by atoms with van der Waals surface area (Å²) in [5.41, 5.74) is 6.26. The molecule has 1 aromatic heterocycles. The second-order valence-electron chi connectivity index (χ2n) is 9.15. The zero-order chi connectivity index (χ0) is 29.1. The van der Waals surface area contributed by atoms with E-state index in [0.717, 1.165) is 43.8 Å². The van der Waals surface area contributed by atoms with Gasteiger partial charge in [-0.2, -0.15) is 0 Å². The SMILES string of the molecule is [2H]C([2H])([2H])C([2H])([2H])c1nc2ccccc2n1-c1c2ccccc2c(-c2cccc(-c3ccccc3)c2)c2ccccc12. The van der Waals surface area contributed by atoms with Crippen LogP contribution in [0.25, 0.3) is 60.5 Å². The quantitative estimate of drug-likeness (QED) is 0.230. The normalized spacial score (nSPS) is 14.2. The van der Waals surface area contributed by atoms with Crippen molar-refractivity contribution in [1.29, 1.82) is 0 Å². The van der Waals surface area contributed by atoms with E-state index < -0.39 is 13.2 Å². The zero-order valence-corrected chi connectivity index (χ0v) is 20.0. The lowest BCUT2D eigenvalue weighted by Gasteiger charge is -2.20. The predicted molar refractivity (Wildman–Crippen MR) is 156 cm³/mol. The van der Waals surface area contributed by atoms with Gasteiger partial charge in [0, 0.05) is 24.0 Å². The molecule has 0 spiro atoms. The molecule has 0 atom stereocenters. The van der Waals surface area contributed by atoms with E-state index in [4.69, 9.17) is 6.85 Å². The van der Waals surface area contributed by atoms with Gasteiger partial charge < -0.3 is 0 Å². The van der Waals surface area contributed by atoms with Gasteiger partial charge in [-0.25, -0.2) is 4.98 Å². The van der Waals surface area contributed by atoms with Crippen molar-refractivity contribution in [2.45, 2.75) is 13.2 Å². The third-order valence-corrected chi connectivity index (χ3v) is 7.06. The molecule has 2 nitrogen and oxygen atoms in total. The molecule has 37 heavy (non-hydrogen) atoms. The number of hydrogen-bond acceptors (Lipinski definition) is 1. The number of hydrogen-bond donors (Lipinski definition) is 0. The van der Waals surface area contributed by atoms with Crippen molar-refractivity contribution in [3.05, 3.63) is 133 Å². The minimum absolute atomic E-state index is 0.141. The minimum atomic E-state index is -2.92. The maximum Gasteiger partial charge on any atom is 0.114 e. The molecule has 0 aliphatic carbocycles. The fraction of sp³-hybridized carbons (Fsp3) is 0.0571. The fourth-order valence-corrected chi connectivity index (χ4v) is 5.48. The van der Waals surface area contributed by atoms with Crippen LogP contribution in [0, 0.1) is 0 Å². The smallest absolute Gasteiger partial charge is 0.114 e. The summed E-state index contributed by atoms with van der Waals surface area (Å²) in [5.74, 6) is -0.141. The molecule has 0 unspecified atom stereocenters. The van der Waals surface area contributed by atoms with Crippen LogP contribution < -0.4 is 0 Å². The molecule has 0 saturated carbocycles. The third-order valence-electron chi connectivity index (χ3n) is 7.06. The average molecular weight is 480 g/mol. The highest BCUT2D eigenvalue weighted by Gasteiger charge is 2.20. The Hall–Kier alpha value is -4.69. The Kier molecular flexibility index (Phi) is 4.00. The van der Waals surface area contributed by atoms with Gasteiger partial charge in [-0.05, 0) is 51.2 Å². The number of aryl methyl sites for hydroxylation is 1. The van der Waals surface area contributed by atoms with E-state index in [-0.39, 0.29) is 5.82 Å². The Labute approximate surface area is 223 Å². The molecule has 7 rings (SSSR count). The first-order valence-electron chi connectivity index (χ1n) is 14.8. The van der Waals surface area contributed by atoms with E-state index in [1.165, 1.54) is 0 Å². The summed E-state index contributed by atoms with van der Waals surface area (Å²) in [6.07, 6.45) is -2.70. The Bertz CT molecular complexity index is 2050. The van der Waals surface area contributed by atoms with Gasteiger partial charge >= 0.3 is 0 Å². The molecule has 0 aliphatic heterocycles. The van der Waals surface area contributed by atoms with Crippen molar-refractivity contribution in [1.82, 2.24) is 9.55 Å². The van der Waals surface area contributed by atoms with E-state index >= 15 is 0 Å². The van der Waals surface area contributed by atoms with Crippen LogP contribution in [0.1, 0.15) is 19.5 Å². The largest absolute Gasteiger partial charge is 0.295 e. The lowest BCUT2D eigenvalue weighted by Crippen LogP contribution is -2.03. The predicted octanol–water partition coefficient (Wildman–Crippen LogP) is 9.23. The zero-order valence-electron chi connectivity index (χ0n) is 25.0. The number of para-hydroxylation sites is 2. The number of nitrogens with zero attached hydrogens (tertiary/aromatic N) is 2. The van der Waals surface area contributed by atoms with Crippen LogP contribution in [0.2, 0.25) is 0 Å². The average Bonchev–Trinajstić information content (AvgIpc) is 3.40. The molecule has 0 fully saturated rings. The Morgan fingerprint density at radius 1 is 0.622 bits per heavy atom. The van der Waals surface area contributed by atoms with Crippen molar-refractivity contribution in [2.75, 3.05) is 0 Å². The van der Waals surface area contributed by atoms with Crippen LogP contribution in [0.15, 0.2) is 127 Å². The maximum atomic E-state index is 8.76. The van der Waals surface area contributed by atoms with Crippen molar-refractivity contribution >= 4 is 32.6 Å². The molecule has 0 saturated heterocycles. The van der Waals surface area contributed by atoms with Crippen LogP contribution in [-0.4, -0.2) is 9.55 Å². The lowest BCUT2D eigenvalue weighted by atomic mass is 9.89. The first-order valence-corrected chi connectivity index (χ1v) is 12.3. The van der Waals surface area contributed by atoms with Crippen molar-refractivity contribution < 1.29 is 6.85 Å². The van der Waals surface area contributed by atoms with Gasteiger partial charge in [-0.3, -0.25) is 4.57 Å². The number of aromatic nitrogens is 2. The van der Waals surface area contributed by atoms with Crippen LogP contribution in [-0.2, 0) is 6.37 Å². The van der Waals surface area contributed by atoms with Gasteiger partial charge in [0.1, 0.15) is 5.82 Å². The lowest BCUT2D eigenvalue weighted by molar-refractivity contribution is 0.917. The Balaban J connectivity index is 1.61. The summed E-state index contributed by atoms with van der Waals surface area (Å²) in [6, 6.07) is 42.2. The fourth-order valence-electron chi connectivity index (χ4n) is 5.48. The molecule has 2 heteroatoms. The first-order chi connectivity index (χ1) is 20.3. The second-order valence-corrected chi connectivity index (χ2v) is 9.15. The summed E-state index contributed by atoms with van der Waals surface area (Å²) < 4.78 is 43.5. The molecule has 6 aromatic carbocycles. The van der Waals surface area contributed by atoms with Gasteiger partial charge in [0.25, 0.3) is 0 Å². The van der Waals surface area contributed by atoms with Gasteiger partial charge in [-0.1, -0.05) is 116 Å². The van der Waals surface area contributed by atoms with Crippen LogP contribution >= 0.6 is 0 Å². The molecule has 0 bridgehead atoms. The van der Waals surface area contributed by atoms with Gasteiger partial charge in [-0.15, -0.1) is 0 Å². The topological polar surface area (TPSA) is 17.8 Å². The molecule has 0 N–H and O–H groups in total. The second kappa shape index (κ2) is 8.76. The minimum Gasteiger partial charge on any atom is -0.295 e. The van der Waals surface area contributed by atoms with Gasteiger partial charge in [0.15, 0.2) is 0 Å². The monoisotopic (exact) mass is 479 g/mol. The van der Waals surface area contributed by atoms with E-state index in [9.17, 15) is 0 Å². The highest BCUT2D eigenvalue weighted by molar-refractivity contribution is 6.18. The summed E-state index contributed by atoms with van der Waals surface area (Å²) in [6.45, 7) is -2.92. The van der Waals surface area contributed by atoms with E-state index in [0.29, 0.717) is 16.7 Å². The van der Waals surface area contributed by atoms with Crippen LogP contribution in [0.5, 0.6) is 0 Å². The van der Waals surface area contributed by atoms with Gasteiger partial charge in [0.05, 0.1) is 16.7 Å². The Morgan fingerprint density at radius 2 is 1.22 bits per heavy atom. The van der Waals surface area contributed by atoms with Crippen LogP contribution in [0.3, 0.4) is 0 Å². The number of fused-ring (bicyclic) bond motifs is 3. The number of rotatable bonds is 4. The molecule has 7 aromatic rings. The Morgan fingerprint density at radius 3 is 1.95 bits per heavy atom. The van der Waals surface area contributed by atoms with Crippen LogP contribution in [0.4, 0.5) is 0 Å². The third kappa shape index (κ3) is 3.45. The number of benzene rings is 6. The molecule has 176 valence electrons. The molecular formula is C35H26N2. The summed E-state index contributed by atoms with van der Waals surface area (Å²) in [4.78, 5) is 4.59. The van der Waals surface area contributed by atoms with E-state index in [1.807, 2.05) is 72.8 Å². The molecule has 0 radical (unpaired) electrons. The summed E-state index contributed by atoms with van der Waals surface area (Å²) in [7, 11) is 0. The van der Waals surface area contributed by atoms with Crippen molar-refractivity contribution in [3.63, 3.8) is 0 Å². The summed E-state index contributed by atoms with van der Waals surface area (Å²) in [5, 5.41) is 3.72. The highest BCUT2D eigenvalue weighted by Crippen LogP contribution is 2.42. The molecule has 0 aliphatic rings. The first kappa shape index (κ1) is 16.9. The van der Waals surface area contributed by atoms with Crippen molar-refractivity contribution in [2.24, 2.45) is 0 Å². The van der Waals surface area contributed by atoms with Crippen molar-refractivity contribution in [3.8, 4) is 27.9 Å². The standard InChI is InChI=1S/C35H26N2/c1-2-33-36-31-21-10-11-22-32(31)37(33)35-29-19-8-6-17-27(29)34(28-18-7-9-20-30(28)35)26-16-12-15-25(23-26)24-13-4-3-5-14-24/h3-23H,2H2,1H3/i1D3,2D2. The highest BCUT2D eigenvalue weighted by atomic mass is 15.1. The molecule has 1 heterocycles. The summed E-state index contributed by atoms with van der Waals surface area (Å²) >= 11 is 0. The van der Waals surface area contributed by atoms with E-state index in [1.54, 1.807) is 10.6 Å². The van der Waals surface area contributed by atoms with Gasteiger partial charge in [0.2, 0.25) is 0 Å². The molecular weight excluding hydrogens is 448 g/mol. The van der Waals surface area contributed by atoms with E-state index in [2.05, 4.69) is 53.5 Å². The maximum absolute atomic E-state index is 8.76.